The van der Waals surface area contributed by atoms with Gasteiger partial charge in [0.2, 0.25) is 5.91 Å². The van der Waals surface area contributed by atoms with Gasteiger partial charge >= 0.3 is 0 Å². The number of benzene rings is 2. The maximum Gasteiger partial charge on any atom is 0.234 e. The Morgan fingerprint density at radius 2 is 1.72 bits per heavy atom. The minimum Gasteiger partial charge on any atom is -0.341 e. The molecule has 0 saturated heterocycles. The van der Waals surface area contributed by atoms with Gasteiger partial charge in [0.05, 0.1) is 5.25 Å². The third-order valence-corrected chi connectivity index (χ3v) is 5.07. The quantitative estimate of drug-likeness (QED) is 0.687. The number of amides is 1. The lowest BCUT2D eigenvalue weighted by molar-refractivity contribution is -0.120. The molecule has 0 aliphatic rings. The van der Waals surface area contributed by atoms with Crippen LogP contribution in [-0.2, 0) is 11.8 Å². The van der Waals surface area contributed by atoms with Gasteiger partial charge in [-0.2, -0.15) is 0 Å². The predicted molar refractivity (Wildman–Crippen MR) is 101 cm³/mol. The SMILES string of the molecule is C[C@@H](Sc1ccccc1)C(=O)N[C@@H](c1ccccc1)c1nccn1C. The highest BCUT2D eigenvalue weighted by atomic mass is 32.2. The zero-order valence-electron chi connectivity index (χ0n) is 14.3. The van der Waals surface area contributed by atoms with E-state index in [-0.39, 0.29) is 17.2 Å². The normalized spacial score (nSPS) is 13.2. The van der Waals surface area contributed by atoms with E-state index in [9.17, 15) is 4.79 Å². The first-order valence-corrected chi connectivity index (χ1v) is 9.07. The first-order chi connectivity index (χ1) is 12.1. The molecule has 1 aromatic heterocycles. The largest absolute Gasteiger partial charge is 0.341 e. The van der Waals surface area contributed by atoms with Gasteiger partial charge in [0, 0.05) is 24.3 Å². The van der Waals surface area contributed by atoms with Gasteiger partial charge in [0.1, 0.15) is 11.9 Å². The number of hydrogen-bond acceptors (Lipinski definition) is 3. The summed E-state index contributed by atoms with van der Waals surface area (Å²) in [6.07, 6.45) is 3.64. The fourth-order valence-electron chi connectivity index (χ4n) is 2.61. The molecule has 2 aromatic carbocycles. The smallest absolute Gasteiger partial charge is 0.234 e. The van der Waals surface area contributed by atoms with Crippen LogP contribution >= 0.6 is 11.8 Å². The van der Waals surface area contributed by atoms with Crippen LogP contribution in [-0.4, -0.2) is 20.7 Å². The van der Waals surface area contributed by atoms with Crippen molar-refractivity contribution in [1.82, 2.24) is 14.9 Å². The molecule has 0 saturated carbocycles. The number of nitrogens with one attached hydrogen (secondary N) is 1. The molecule has 0 bridgehead atoms. The highest BCUT2D eigenvalue weighted by Gasteiger charge is 2.23. The number of rotatable bonds is 6. The molecular weight excluding hydrogens is 330 g/mol. The maximum atomic E-state index is 12.8. The summed E-state index contributed by atoms with van der Waals surface area (Å²) in [4.78, 5) is 18.3. The van der Waals surface area contributed by atoms with Crippen molar-refractivity contribution >= 4 is 17.7 Å². The van der Waals surface area contributed by atoms with Gasteiger partial charge in [-0.15, -0.1) is 11.8 Å². The van der Waals surface area contributed by atoms with Crippen LogP contribution in [0.3, 0.4) is 0 Å². The standard InChI is InChI=1S/C20H21N3OS/c1-15(25-17-11-7-4-8-12-17)20(24)22-18(16-9-5-3-6-10-16)19-21-13-14-23(19)2/h3-15,18H,1-2H3,(H,22,24)/t15-,18+/m1/s1. The van der Waals surface area contributed by atoms with Gasteiger partial charge in [-0.1, -0.05) is 48.5 Å². The number of hydrogen-bond donors (Lipinski definition) is 1. The van der Waals surface area contributed by atoms with Crippen LogP contribution in [0, 0.1) is 0 Å². The molecule has 2 atom stereocenters. The van der Waals surface area contributed by atoms with Crippen molar-refractivity contribution in [3.63, 3.8) is 0 Å². The van der Waals surface area contributed by atoms with Crippen LogP contribution in [0.4, 0.5) is 0 Å². The second-order valence-electron chi connectivity index (χ2n) is 5.82. The van der Waals surface area contributed by atoms with Crippen LogP contribution in [0.15, 0.2) is 78.0 Å². The summed E-state index contributed by atoms with van der Waals surface area (Å²) in [6, 6.07) is 19.6. The van der Waals surface area contributed by atoms with E-state index in [0.29, 0.717) is 0 Å². The summed E-state index contributed by atoms with van der Waals surface area (Å²) in [5.74, 6) is 0.808. The van der Waals surface area contributed by atoms with E-state index in [1.807, 2.05) is 85.4 Å². The lowest BCUT2D eigenvalue weighted by Crippen LogP contribution is -2.36. The third kappa shape index (κ3) is 4.31. The Hall–Kier alpha value is -2.53. The minimum absolute atomic E-state index is 0.00861. The zero-order valence-corrected chi connectivity index (χ0v) is 15.1. The van der Waals surface area contributed by atoms with Crippen molar-refractivity contribution in [2.75, 3.05) is 0 Å². The molecule has 4 nitrogen and oxygen atoms in total. The van der Waals surface area contributed by atoms with Crippen molar-refractivity contribution in [2.24, 2.45) is 7.05 Å². The summed E-state index contributed by atoms with van der Waals surface area (Å²) in [5.41, 5.74) is 1.02. The summed E-state index contributed by atoms with van der Waals surface area (Å²) >= 11 is 1.55. The van der Waals surface area contributed by atoms with Gasteiger partial charge in [-0.3, -0.25) is 4.79 Å². The molecule has 1 N–H and O–H groups in total. The molecule has 0 unspecified atom stereocenters. The number of carbonyl (C=O) groups excluding carboxylic acids is 1. The Morgan fingerprint density at radius 3 is 2.32 bits per heavy atom. The molecule has 0 fully saturated rings. The average Bonchev–Trinajstić information content (AvgIpc) is 3.06. The Morgan fingerprint density at radius 1 is 1.08 bits per heavy atom. The zero-order chi connectivity index (χ0) is 17.6. The molecule has 3 rings (SSSR count). The number of aryl methyl sites for hydroxylation is 1. The van der Waals surface area contributed by atoms with Gasteiger partial charge < -0.3 is 9.88 Å². The van der Waals surface area contributed by atoms with E-state index in [4.69, 9.17) is 0 Å². The third-order valence-electron chi connectivity index (χ3n) is 3.96. The van der Waals surface area contributed by atoms with Gasteiger partial charge in [-0.05, 0) is 24.6 Å². The molecule has 0 aliphatic carbocycles. The molecule has 0 aliphatic heterocycles. The minimum atomic E-state index is -0.271. The maximum absolute atomic E-state index is 12.8. The lowest BCUT2D eigenvalue weighted by Gasteiger charge is -2.21. The molecule has 3 aromatic rings. The first-order valence-electron chi connectivity index (χ1n) is 8.19. The predicted octanol–water partition coefficient (Wildman–Crippen LogP) is 3.81. The van der Waals surface area contributed by atoms with Crippen molar-refractivity contribution in [3.05, 3.63) is 84.4 Å². The van der Waals surface area contributed by atoms with E-state index in [2.05, 4.69) is 10.3 Å². The average molecular weight is 351 g/mol. The van der Waals surface area contributed by atoms with Crippen LogP contribution in [0.5, 0.6) is 0 Å². The van der Waals surface area contributed by atoms with Crippen LogP contribution in [0.2, 0.25) is 0 Å². The molecule has 25 heavy (non-hydrogen) atoms. The number of thioether (sulfide) groups is 1. The van der Waals surface area contributed by atoms with E-state index < -0.39 is 0 Å². The van der Waals surface area contributed by atoms with E-state index in [1.54, 1.807) is 18.0 Å². The van der Waals surface area contributed by atoms with E-state index in [1.165, 1.54) is 0 Å². The molecule has 128 valence electrons. The number of aromatic nitrogens is 2. The van der Waals surface area contributed by atoms with Gasteiger partial charge in [0.15, 0.2) is 0 Å². The van der Waals surface area contributed by atoms with Crippen LogP contribution in [0.1, 0.15) is 24.4 Å². The van der Waals surface area contributed by atoms with Crippen LogP contribution in [0.25, 0.3) is 0 Å². The van der Waals surface area contributed by atoms with Crippen molar-refractivity contribution in [1.29, 1.82) is 0 Å². The molecule has 1 amide bonds. The van der Waals surface area contributed by atoms with Crippen molar-refractivity contribution in [2.45, 2.75) is 23.1 Å². The second kappa shape index (κ2) is 8.03. The Bertz CT molecular complexity index is 817. The fraction of sp³-hybridized carbons (Fsp3) is 0.200. The summed E-state index contributed by atoms with van der Waals surface area (Å²) in [6.45, 7) is 1.92. The Balaban J connectivity index is 1.78. The van der Waals surface area contributed by atoms with Crippen molar-refractivity contribution in [3.8, 4) is 0 Å². The Labute approximate surface area is 152 Å². The summed E-state index contributed by atoms with van der Waals surface area (Å²) < 4.78 is 1.94. The summed E-state index contributed by atoms with van der Waals surface area (Å²) in [7, 11) is 1.94. The molecule has 5 heteroatoms. The molecule has 0 spiro atoms. The highest BCUT2D eigenvalue weighted by Crippen LogP contribution is 2.25. The highest BCUT2D eigenvalue weighted by molar-refractivity contribution is 8.00. The number of carbonyl (C=O) groups is 1. The molecular formula is C20H21N3OS. The monoisotopic (exact) mass is 351 g/mol. The topological polar surface area (TPSA) is 46.9 Å². The van der Waals surface area contributed by atoms with Gasteiger partial charge in [0.25, 0.3) is 0 Å². The fourth-order valence-corrected chi connectivity index (χ4v) is 3.51. The number of nitrogens with zero attached hydrogens (tertiary/aromatic N) is 2. The van der Waals surface area contributed by atoms with Crippen molar-refractivity contribution < 1.29 is 4.79 Å². The van der Waals surface area contributed by atoms with Crippen LogP contribution < -0.4 is 5.32 Å². The second-order valence-corrected chi connectivity index (χ2v) is 7.24. The number of imidazole rings is 1. The van der Waals surface area contributed by atoms with E-state index >= 15 is 0 Å². The molecule has 1 heterocycles. The lowest BCUT2D eigenvalue weighted by atomic mass is 10.1. The van der Waals surface area contributed by atoms with E-state index in [0.717, 1.165) is 16.3 Å². The Kier molecular flexibility index (Phi) is 5.56. The first kappa shape index (κ1) is 17.3. The van der Waals surface area contributed by atoms with Gasteiger partial charge in [-0.25, -0.2) is 4.98 Å². The summed E-state index contributed by atoms with van der Waals surface area (Å²) in [5, 5.41) is 2.95. The molecule has 0 radical (unpaired) electrons.